The monoisotopic (exact) mass is 185 g/mol. The summed E-state index contributed by atoms with van der Waals surface area (Å²) < 4.78 is 0. The summed E-state index contributed by atoms with van der Waals surface area (Å²) in [6, 6.07) is 0. The molecule has 0 aliphatic rings. The summed E-state index contributed by atoms with van der Waals surface area (Å²) in [4.78, 5) is 10.8. The van der Waals surface area contributed by atoms with E-state index in [1.165, 1.54) is 0 Å². The lowest BCUT2D eigenvalue weighted by atomic mass is 10.0. The molecule has 3 heteroatoms. The highest BCUT2D eigenvalue weighted by atomic mass is 16.4. The van der Waals surface area contributed by atoms with Crippen LogP contribution in [0.3, 0.4) is 0 Å². The third-order valence-electron chi connectivity index (χ3n) is 1.95. The fraction of sp³-hybridized carbons (Fsp3) is 0.700. The van der Waals surface area contributed by atoms with Gasteiger partial charge in [0.2, 0.25) is 0 Å². The lowest BCUT2D eigenvalue weighted by molar-refractivity contribution is -0.132. The molecule has 0 saturated carbocycles. The number of aliphatic carboxylic acids is 1. The second-order valence-corrected chi connectivity index (χ2v) is 3.16. The fourth-order valence-electron chi connectivity index (χ4n) is 1.18. The Morgan fingerprint density at radius 1 is 1.23 bits per heavy atom. The van der Waals surface area contributed by atoms with Gasteiger partial charge in [0, 0.05) is 5.70 Å². The van der Waals surface area contributed by atoms with Gasteiger partial charge >= 0.3 is 5.97 Å². The molecule has 0 aromatic rings. The molecule has 0 aromatic heterocycles. The maximum Gasteiger partial charge on any atom is 0.333 e. The van der Waals surface area contributed by atoms with Crippen molar-refractivity contribution in [1.29, 1.82) is 0 Å². The highest BCUT2D eigenvalue weighted by Crippen LogP contribution is 2.13. The minimum Gasteiger partial charge on any atom is -0.478 e. The van der Waals surface area contributed by atoms with Gasteiger partial charge in [0.05, 0.1) is 5.57 Å². The van der Waals surface area contributed by atoms with Gasteiger partial charge in [-0.25, -0.2) is 4.79 Å². The van der Waals surface area contributed by atoms with Gasteiger partial charge in [0.25, 0.3) is 0 Å². The van der Waals surface area contributed by atoms with Crippen LogP contribution in [0.2, 0.25) is 0 Å². The van der Waals surface area contributed by atoms with Crippen LogP contribution in [-0.4, -0.2) is 11.1 Å². The smallest absolute Gasteiger partial charge is 0.333 e. The van der Waals surface area contributed by atoms with Crippen molar-refractivity contribution in [3.05, 3.63) is 11.3 Å². The van der Waals surface area contributed by atoms with Crippen molar-refractivity contribution in [2.75, 3.05) is 0 Å². The summed E-state index contributed by atoms with van der Waals surface area (Å²) in [5.74, 6) is -0.862. The quantitative estimate of drug-likeness (QED) is 0.624. The zero-order valence-electron chi connectivity index (χ0n) is 8.47. The van der Waals surface area contributed by atoms with E-state index in [-0.39, 0.29) is 0 Å². The standard InChI is InChI=1S/C10H19NO2/c1-3-5-7-8(10(12)13)9(11)6-4-2/h3-7,11H2,1-2H3,(H,12,13)/b9-8-. The van der Waals surface area contributed by atoms with Gasteiger partial charge in [-0.3, -0.25) is 0 Å². The first kappa shape index (κ1) is 12.0. The molecule has 3 nitrogen and oxygen atoms in total. The summed E-state index contributed by atoms with van der Waals surface area (Å²) in [5, 5.41) is 8.86. The van der Waals surface area contributed by atoms with Crippen molar-refractivity contribution >= 4 is 5.97 Å². The fourth-order valence-corrected chi connectivity index (χ4v) is 1.18. The molecule has 0 unspecified atom stereocenters. The van der Waals surface area contributed by atoms with E-state index in [4.69, 9.17) is 10.8 Å². The number of carboxylic acid groups (broad SMARTS) is 1. The zero-order chi connectivity index (χ0) is 10.3. The van der Waals surface area contributed by atoms with Gasteiger partial charge in [-0.1, -0.05) is 26.7 Å². The van der Waals surface area contributed by atoms with Crippen molar-refractivity contribution < 1.29 is 9.90 Å². The van der Waals surface area contributed by atoms with Crippen LogP contribution in [0.1, 0.15) is 46.0 Å². The Balaban J connectivity index is 4.37. The van der Waals surface area contributed by atoms with Crippen LogP contribution >= 0.6 is 0 Å². The predicted molar refractivity (Wildman–Crippen MR) is 53.3 cm³/mol. The number of allylic oxidation sites excluding steroid dienone is 1. The van der Waals surface area contributed by atoms with Gasteiger partial charge < -0.3 is 10.8 Å². The molecule has 0 spiro atoms. The molecule has 0 atom stereocenters. The molecule has 0 radical (unpaired) electrons. The normalized spacial score (nSPS) is 12.5. The minimum absolute atomic E-state index is 0.406. The Morgan fingerprint density at radius 3 is 2.23 bits per heavy atom. The lowest BCUT2D eigenvalue weighted by Gasteiger charge is -2.06. The molecule has 0 aliphatic carbocycles. The first-order valence-electron chi connectivity index (χ1n) is 4.84. The summed E-state index contributed by atoms with van der Waals surface area (Å²) in [7, 11) is 0. The molecule has 0 aliphatic heterocycles. The van der Waals surface area contributed by atoms with E-state index in [9.17, 15) is 4.79 Å². The van der Waals surface area contributed by atoms with Crippen molar-refractivity contribution in [2.24, 2.45) is 5.73 Å². The second kappa shape index (κ2) is 6.52. The molecule has 0 saturated heterocycles. The zero-order valence-corrected chi connectivity index (χ0v) is 8.47. The molecule has 76 valence electrons. The molecular formula is C10H19NO2. The van der Waals surface area contributed by atoms with E-state index in [2.05, 4.69) is 0 Å². The molecule has 0 rings (SSSR count). The largest absolute Gasteiger partial charge is 0.478 e. The number of hydrogen-bond acceptors (Lipinski definition) is 2. The van der Waals surface area contributed by atoms with Crippen LogP contribution in [0.5, 0.6) is 0 Å². The van der Waals surface area contributed by atoms with Crippen molar-refractivity contribution in [1.82, 2.24) is 0 Å². The third-order valence-corrected chi connectivity index (χ3v) is 1.95. The van der Waals surface area contributed by atoms with Crippen LogP contribution in [0.4, 0.5) is 0 Å². The Hall–Kier alpha value is -0.990. The van der Waals surface area contributed by atoms with Crippen molar-refractivity contribution in [2.45, 2.75) is 46.0 Å². The molecule has 0 fully saturated rings. The summed E-state index contributed by atoms with van der Waals surface area (Å²) in [6.07, 6.45) is 4.07. The molecule has 3 N–H and O–H groups in total. The number of nitrogens with two attached hydrogens (primary N) is 1. The topological polar surface area (TPSA) is 63.3 Å². The minimum atomic E-state index is -0.862. The number of hydrogen-bond donors (Lipinski definition) is 2. The summed E-state index contributed by atoms with van der Waals surface area (Å²) in [5.41, 5.74) is 6.62. The van der Waals surface area contributed by atoms with E-state index in [1.807, 2.05) is 13.8 Å². The first-order chi connectivity index (χ1) is 6.13. The lowest BCUT2D eigenvalue weighted by Crippen LogP contribution is -2.10. The van der Waals surface area contributed by atoms with Crippen LogP contribution in [-0.2, 0) is 4.79 Å². The van der Waals surface area contributed by atoms with Gasteiger partial charge in [0.15, 0.2) is 0 Å². The summed E-state index contributed by atoms with van der Waals surface area (Å²) in [6.45, 7) is 4.03. The van der Waals surface area contributed by atoms with Crippen LogP contribution < -0.4 is 5.73 Å². The Kier molecular flexibility index (Phi) is 6.02. The van der Waals surface area contributed by atoms with Crippen molar-refractivity contribution in [3.63, 3.8) is 0 Å². The van der Waals surface area contributed by atoms with Gasteiger partial charge in [-0.15, -0.1) is 0 Å². The van der Waals surface area contributed by atoms with Crippen LogP contribution in [0.15, 0.2) is 11.3 Å². The predicted octanol–water partition coefficient (Wildman–Crippen LogP) is 2.27. The Morgan fingerprint density at radius 2 is 1.85 bits per heavy atom. The first-order valence-corrected chi connectivity index (χ1v) is 4.84. The SMILES string of the molecule is CCCC/C(C(=O)O)=C(/N)CCC. The van der Waals surface area contributed by atoms with Gasteiger partial charge in [-0.2, -0.15) is 0 Å². The maximum atomic E-state index is 10.8. The van der Waals surface area contributed by atoms with Gasteiger partial charge in [-0.05, 0) is 19.3 Å². The maximum absolute atomic E-state index is 10.8. The number of carboxylic acids is 1. The number of rotatable bonds is 6. The van der Waals surface area contributed by atoms with E-state index in [1.54, 1.807) is 0 Å². The molecule has 0 amide bonds. The highest BCUT2D eigenvalue weighted by Gasteiger charge is 2.10. The Labute approximate surface area is 79.6 Å². The van der Waals surface area contributed by atoms with E-state index >= 15 is 0 Å². The number of unbranched alkanes of at least 4 members (excludes halogenated alkanes) is 1. The molecule has 13 heavy (non-hydrogen) atoms. The van der Waals surface area contributed by atoms with Crippen LogP contribution in [0, 0.1) is 0 Å². The molecule has 0 bridgehead atoms. The Bertz CT molecular complexity index is 197. The van der Waals surface area contributed by atoms with Crippen molar-refractivity contribution in [3.8, 4) is 0 Å². The average molecular weight is 185 g/mol. The van der Waals surface area contributed by atoms with E-state index in [0.717, 1.165) is 19.3 Å². The van der Waals surface area contributed by atoms with Gasteiger partial charge in [0.1, 0.15) is 0 Å². The van der Waals surface area contributed by atoms with Crippen LogP contribution in [0.25, 0.3) is 0 Å². The second-order valence-electron chi connectivity index (χ2n) is 3.16. The number of carbonyl (C=O) groups is 1. The summed E-state index contributed by atoms with van der Waals surface area (Å²) >= 11 is 0. The molecular weight excluding hydrogens is 166 g/mol. The molecule has 0 heterocycles. The van der Waals surface area contributed by atoms with E-state index in [0.29, 0.717) is 24.1 Å². The van der Waals surface area contributed by atoms with E-state index < -0.39 is 5.97 Å². The average Bonchev–Trinajstić information content (AvgIpc) is 2.05. The highest BCUT2D eigenvalue weighted by molar-refractivity contribution is 5.87. The molecule has 0 aromatic carbocycles. The third kappa shape index (κ3) is 4.55.